The normalized spacial score (nSPS) is 13.1. The van der Waals surface area contributed by atoms with Gasteiger partial charge in [0.05, 0.1) is 6.54 Å². The van der Waals surface area contributed by atoms with Crippen molar-refractivity contribution in [3.05, 3.63) is 63.7 Å². The van der Waals surface area contributed by atoms with Gasteiger partial charge in [-0.15, -0.1) is 0 Å². The molecule has 1 atom stereocenters. The van der Waals surface area contributed by atoms with Gasteiger partial charge in [0.15, 0.2) is 5.75 Å². The second-order valence-electron chi connectivity index (χ2n) is 6.69. The number of aryl methyl sites for hydroxylation is 1. The third kappa shape index (κ3) is 3.98. The fraction of sp³-hybridized carbons (Fsp3) is 0.389. The van der Waals surface area contributed by atoms with Gasteiger partial charge in [0.2, 0.25) is 5.43 Å². The van der Waals surface area contributed by atoms with Gasteiger partial charge in [0.1, 0.15) is 12.0 Å². The summed E-state index contributed by atoms with van der Waals surface area (Å²) in [6.45, 7) is 8.99. The molecular formula is C18H23NO3. The van der Waals surface area contributed by atoms with Crippen LogP contribution >= 0.6 is 0 Å². The molecule has 4 nitrogen and oxygen atoms in total. The third-order valence-corrected chi connectivity index (χ3v) is 3.59. The highest BCUT2D eigenvalue weighted by molar-refractivity contribution is 5.26. The fourth-order valence-corrected chi connectivity index (χ4v) is 2.51. The molecule has 0 aliphatic carbocycles. The van der Waals surface area contributed by atoms with Crippen LogP contribution in [0, 0.1) is 12.3 Å². The van der Waals surface area contributed by atoms with E-state index in [1.807, 2.05) is 6.07 Å². The molecule has 0 amide bonds. The molecule has 4 heteroatoms. The van der Waals surface area contributed by atoms with E-state index in [1.165, 1.54) is 17.2 Å². The van der Waals surface area contributed by atoms with Crippen LogP contribution in [0.15, 0.2) is 45.8 Å². The summed E-state index contributed by atoms with van der Waals surface area (Å²) in [4.78, 5) is 11.5. The maximum absolute atomic E-state index is 11.5. The van der Waals surface area contributed by atoms with Gasteiger partial charge in [0, 0.05) is 12.1 Å². The van der Waals surface area contributed by atoms with E-state index in [-0.39, 0.29) is 17.2 Å². The van der Waals surface area contributed by atoms with Gasteiger partial charge in [-0.1, -0.05) is 50.6 Å². The lowest BCUT2D eigenvalue weighted by atomic mass is 9.82. The lowest BCUT2D eigenvalue weighted by Gasteiger charge is -2.32. The van der Waals surface area contributed by atoms with Crippen molar-refractivity contribution in [2.45, 2.75) is 40.3 Å². The Kier molecular flexibility index (Phi) is 4.71. The number of nitrogens with one attached hydrogen (secondary N) is 1. The zero-order valence-electron chi connectivity index (χ0n) is 13.5. The summed E-state index contributed by atoms with van der Waals surface area (Å²) >= 11 is 0. The summed E-state index contributed by atoms with van der Waals surface area (Å²) in [6.07, 6.45) is 1.08. The van der Waals surface area contributed by atoms with Gasteiger partial charge >= 0.3 is 0 Å². The van der Waals surface area contributed by atoms with Crippen LogP contribution in [0.5, 0.6) is 5.75 Å². The minimum atomic E-state index is -0.425. The van der Waals surface area contributed by atoms with Crippen molar-refractivity contribution in [2.75, 3.05) is 0 Å². The molecule has 1 aromatic carbocycles. The number of aromatic hydroxyl groups is 1. The minimum Gasteiger partial charge on any atom is -0.502 e. The Morgan fingerprint density at radius 3 is 2.59 bits per heavy atom. The lowest BCUT2D eigenvalue weighted by Crippen LogP contribution is -2.32. The summed E-state index contributed by atoms with van der Waals surface area (Å²) in [5.74, 6) is 0.138. The quantitative estimate of drug-likeness (QED) is 0.907. The second kappa shape index (κ2) is 6.36. The van der Waals surface area contributed by atoms with Crippen molar-refractivity contribution in [3.63, 3.8) is 0 Å². The predicted octanol–water partition coefficient (Wildman–Crippen LogP) is 3.53. The van der Waals surface area contributed by atoms with Crippen LogP contribution in [0.3, 0.4) is 0 Å². The average molecular weight is 301 g/mol. The molecule has 2 aromatic rings. The van der Waals surface area contributed by atoms with Crippen LogP contribution in [-0.2, 0) is 6.54 Å². The predicted molar refractivity (Wildman–Crippen MR) is 86.9 cm³/mol. The first kappa shape index (κ1) is 16.3. The Labute approximate surface area is 130 Å². The van der Waals surface area contributed by atoms with Gasteiger partial charge in [0.25, 0.3) is 0 Å². The van der Waals surface area contributed by atoms with Crippen LogP contribution < -0.4 is 10.7 Å². The van der Waals surface area contributed by atoms with Crippen LogP contribution in [0.4, 0.5) is 0 Å². The average Bonchev–Trinajstić information content (AvgIpc) is 2.41. The van der Waals surface area contributed by atoms with Gasteiger partial charge in [-0.3, -0.25) is 4.79 Å². The Hall–Kier alpha value is -2.07. The first-order valence-electron chi connectivity index (χ1n) is 7.38. The van der Waals surface area contributed by atoms with Gasteiger partial charge in [-0.25, -0.2) is 0 Å². The molecule has 2 N–H and O–H groups in total. The van der Waals surface area contributed by atoms with Crippen molar-refractivity contribution in [1.29, 1.82) is 0 Å². The third-order valence-electron chi connectivity index (χ3n) is 3.59. The Morgan fingerprint density at radius 1 is 1.27 bits per heavy atom. The van der Waals surface area contributed by atoms with Gasteiger partial charge < -0.3 is 14.8 Å². The van der Waals surface area contributed by atoms with Crippen molar-refractivity contribution < 1.29 is 9.52 Å². The van der Waals surface area contributed by atoms with Gasteiger partial charge in [-0.2, -0.15) is 0 Å². The largest absolute Gasteiger partial charge is 0.502 e. The molecule has 0 aliphatic heterocycles. The van der Waals surface area contributed by atoms with E-state index in [2.05, 4.69) is 51.2 Å². The molecule has 1 aromatic heterocycles. The maximum atomic E-state index is 11.5. The molecule has 1 heterocycles. The van der Waals surface area contributed by atoms with E-state index >= 15 is 0 Å². The number of hydrogen-bond donors (Lipinski definition) is 2. The second-order valence-corrected chi connectivity index (χ2v) is 6.69. The number of rotatable bonds is 4. The van der Waals surface area contributed by atoms with E-state index in [1.54, 1.807) is 0 Å². The summed E-state index contributed by atoms with van der Waals surface area (Å²) < 4.78 is 5.25. The molecule has 0 bridgehead atoms. The molecule has 22 heavy (non-hydrogen) atoms. The molecule has 118 valence electrons. The van der Waals surface area contributed by atoms with E-state index in [4.69, 9.17) is 4.42 Å². The number of hydrogen-bond acceptors (Lipinski definition) is 4. The molecular weight excluding hydrogens is 278 g/mol. The number of benzene rings is 1. The summed E-state index contributed by atoms with van der Waals surface area (Å²) in [7, 11) is 0. The highest BCUT2D eigenvalue weighted by atomic mass is 16.4. The molecule has 0 aliphatic rings. The lowest BCUT2D eigenvalue weighted by molar-refractivity contribution is 0.263. The minimum absolute atomic E-state index is 0.00497. The molecule has 0 spiro atoms. The van der Waals surface area contributed by atoms with Crippen LogP contribution in [-0.4, -0.2) is 5.11 Å². The van der Waals surface area contributed by atoms with Gasteiger partial charge in [-0.05, 0) is 17.9 Å². The zero-order chi connectivity index (χ0) is 16.3. The van der Waals surface area contributed by atoms with E-state index in [9.17, 15) is 9.90 Å². The van der Waals surface area contributed by atoms with E-state index in [0.717, 1.165) is 6.26 Å². The first-order valence-corrected chi connectivity index (χ1v) is 7.38. The SMILES string of the molecule is Cc1cccc([C@@H](NCc2cc(=O)c(O)co2)C(C)(C)C)c1. The Balaban J connectivity index is 2.21. The Morgan fingerprint density at radius 2 is 2.00 bits per heavy atom. The molecule has 0 saturated carbocycles. The summed E-state index contributed by atoms with van der Waals surface area (Å²) in [5.41, 5.74) is 2.00. The van der Waals surface area contributed by atoms with E-state index in [0.29, 0.717) is 12.3 Å². The smallest absolute Gasteiger partial charge is 0.226 e. The zero-order valence-corrected chi connectivity index (χ0v) is 13.5. The molecule has 2 rings (SSSR count). The van der Waals surface area contributed by atoms with Crippen LogP contribution in [0.25, 0.3) is 0 Å². The van der Waals surface area contributed by atoms with Crippen LogP contribution in [0.1, 0.15) is 43.7 Å². The maximum Gasteiger partial charge on any atom is 0.226 e. The van der Waals surface area contributed by atoms with Crippen molar-refractivity contribution in [2.24, 2.45) is 5.41 Å². The standard InChI is InChI=1S/C18H23NO3/c1-12-6-5-7-13(8-12)17(18(2,3)4)19-10-14-9-15(20)16(21)11-22-14/h5-9,11,17,19,21H,10H2,1-4H3/t17-/m1/s1. The van der Waals surface area contributed by atoms with Crippen molar-refractivity contribution in [3.8, 4) is 5.75 Å². The van der Waals surface area contributed by atoms with E-state index < -0.39 is 5.43 Å². The monoisotopic (exact) mass is 301 g/mol. The topological polar surface area (TPSA) is 62.5 Å². The van der Waals surface area contributed by atoms with Crippen molar-refractivity contribution in [1.82, 2.24) is 5.32 Å². The fourth-order valence-electron chi connectivity index (χ4n) is 2.51. The molecule has 0 unspecified atom stereocenters. The highest BCUT2D eigenvalue weighted by Crippen LogP contribution is 2.33. The Bertz CT molecular complexity index is 698. The van der Waals surface area contributed by atoms with Crippen LogP contribution in [0.2, 0.25) is 0 Å². The molecule has 0 fully saturated rings. The highest BCUT2D eigenvalue weighted by Gasteiger charge is 2.26. The van der Waals surface area contributed by atoms with Crippen molar-refractivity contribution >= 4 is 0 Å². The molecule has 0 radical (unpaired) electrons. The first-order chi connectivity index (χ1) is 10.3. The summed E-state index contributed by atoms with van der Waals surface area (Å²) in [6, 6.07) is 9.82. The molecule has 0 saturated heterocycles. The summed E-state index contributed by atoms with van der Waals surface area (Å²) in [5, 5.41) is 12.7.